The summed E-state index contributed by atoms with van der Waals surface area (Å²) in [5, 5.41) is 0. The van der Waals surface area contributed by atoms with Crippen LogP contribution < -0.4 is 0 Å². The molecule has 1 aliphatic rings. The Morgan fingerprint density at radius 1 is 1.82 bits per heavy atom. The van der Waals surface area contributed by atoms with E-state index >= 15 is 0 Å². The van der Waals surface area contributed by atoms with E-state index in [9.17, 15) is 4.79 Å². The van der Waals surface area contributed by atoms with Crippen LogP contribution in [0.2, 0.25) is 0 Å². The molecule has 0 aromatic heterocycles. The van der Waals surface area contributed by atoms with E-state index in [2.05, 4.69) is 6.58 Å². The number of hydrogen-bond donors (Lipinski definition) is 0. The quantitative estimate of drug-likeness (QED) is 0.447. The van der Waals surface area contributed by atoms with Crippen molar-refractivity contribution in [2.75, 3.05) is 0 Å². The van der Waals surface area contributed by atoms with E-state index in [1.54, 1.807) is 13.0 Å². The number of carbonyl (C=O) groups excluding carboxylic acids is 1. The van der Waals surface area contributed by atoms with E-state index in [4.69, 9.17) is 4.74 Å². The lowest BCUT2D eigenvalue weighted by Crippen LogP contribution is -2.21. The van der Waals surface area contributed by atoms with Crippen molar-refractivity contribution in [1.29, 1.82) is 0 Å². The minimum Gasteiger partial charge on any atom is -0.431 e. The van der Waals surface area contributed by atoms with Gasteiger partial charge in [-0.05, 0) is 26.3 Å². The highest BCUT2D eigenvalue weighted by atomic mass is 16.5. The molecule has 1 atom stereocenters. The number of carbonyl (C=O) groups is 1. The van der Waals surface area contributed by atoms with Gasteiger partial charge in [0.1, 0.15) is 5.76 Å². The van der Waals surface area contributed by atoms with Gasteiger partial charge in [0, 0.05) is 0 Å². The van der Waals surface area contributed by atoms with E-state index < -0.39 is 5.41 Å². The SMILES string of the molecule is C=CC[C@]1(C)C=C(C)OC1=O. The summed E-state index contributed by atoms with van der Waals surface area (Å²) in [6.07, 6.45) is 4.22. The highest BCUT2D eigenvalue weighted by molar-refractivity contribution is 5.82. The maximum absolute atomic E-state index is 11.2. The van der Waals surface area contributed by atoms with Crippen molar-refractivity contribution in [2.45, 2.75) is 20.3 Å². The number of ether oxygens (including phenoxy) is 1. The molecule has 1 aliphatic heterocycles. The highest BCUT2D eigenvalue weighted by Gasteiger charge is 2.36. The third kappa shape index (κ3) is 1.34. The van der Waals surface area contributed by atoms with Crippen molar-refractivity contribution < 1.29 is 9.53 Å². The fourth-order valence-electron chi connectivity index (χ4n) is 1.24. The number of rotatable bonds is 2. The molecule has 2 heteroatoms. The third-order valence-corrected chi connectivity index (χ3v) is 1.81. The molecule has 0 unspecified atom stereocenters. The van der Waals surface area contributed by atoms with Crippen LogP contribution in [0, 0.1) is 5.41 Å². The molecule has 0 saturated heterocycles. The fourth-order valence-corrected chi connectivity index (χ4v) is 1.24. The second kappa shape index (κ2) is 2.53. The minimum absolute atomic E-state index is 0.171. The maximum atomic E-state index is 11.2. The average Bonchev–Trinajstić information content (AvgIpc) is 2.08. The van der Waals surface area contributed by atoms with Crippen molar-refractivity contribution in [3.8, 4) is 0 Å². The van der Waals surface area contributed by atoms with Crippen molar-refractivity contribution in [3.63, 3.8) is 0 Å². The first-order valence-corrected chi connectivity index (χ1v) is 3.61. The van der Waals surface area contributed by atoms with Crippen LogP contribution in [0.4, 0.5) is 0 Å². The van der Waals surface area contributed by atoms with Crippen LogP contribution in [0.3, 0.4) is 0 Å². The lowest BCUT2D eigenvalue weighted by Gasteiger charge is -2.13. The van der Waals surface area contributed by atoms with E-state index in [1.807, 2.05) is 13.0 Å². The van der Waals surface area contributed by atoms with Gasteiger partial charge in [-0.2, -0.15) is 0 Å². The zero-order valence-corrected chi connectivity index (χ0v) is 6.89. The summed E-state index contributed by atoms with van der Waals surface area (Å²) in [5.74, 6) is 0.522. The summed E-state index contributed by atoms with van der Waals surface area (Å²) in [6.45, 7) is 7.23. The van der Waals surface area contributed by atoms with Crippen LogP contribution in [0.1, 0.15) is 20.3 Å². The van der Waals surface area contributed by atoms with Crippen LogP contribution in [0.15, 0.2) is 24.5 Å². The van der Waals surface area contributed by atoms with Gasteiger partial charge in [-0.1, -0.05) is 6.08 Å². The van der Waals surface area contributed by atoms with Crippen molar-refractivity contribution in [2.24, 2.45) is 5.41 Å². The molecular formula is C9H12O2. The first-order valence-electron chi connectivity index (χ1n) is 3.61. The molecule has 0 aliphatic carbocycles. The monoisotopic (exact) mass is 152 g/mol. The zero-order chi connectivity index (χ0) is 8.48. The summed E-state index contributed by atoms with van der Waals surface area (Å²) in [4.78, 5) is 11.2. The molecule has 0 fully saturated rings. The molecule has 60 valence electrons. The second-order valence-electron chi connectivity index (χ2n) is 3.05. The smallest absolute Gasteiger partial charge is 0.321 e. The molecule has 2 nitrogen and oxygen atoms in total. The van der Waals surface area contributed by atoms with Crippen LogP contribution in [-0.4, -0.2) is 5.97 Å². The Morgan fingerprint density at radius 3 is 2.82 bits per heavy atom. The van der Waals surface area contributed by atoms with Gasteiger partial charge in [-0.3, -0.25) is 4.79 Å². The molecule has 11 heavy (non-hydrogen) atoms. The van der Waals surface area contributed by atoms with E-state index in [-0.39, 0.29) is 5.97 Å². The molecule has 0 bridgehead atoms. The van der Waals surface area contributed by atoms with Crippen molar-refractivity contribution in [1.82, 2.24) is 0 Å². The molecule has 0 spiro atoms. The summed E-state index contributed by atoms with van der Waals surface area (Å²) in [7, 11) is 0. The number of allylic oxidation sites excluding steroid dienone is 2. The Hall–Kier alpha value is -1.05. The number of hydrogen-bond acceptors (Lipinski definition) is 2. The molecule has 1 rings (SSSR count). The molecule has 0 radical (unpaired) electrons. The third-order valence-electron chi connectivity index (χ3n) is 1.81. The van der Waals surface area contributed by atoms with Gasteiger partial charge in [0.25, 0.3) is 0 Å². The number of esters is 1. The number of cyclic esters (lactones) is 1. The summed E-state index contributed by atoms with van der Waals surface area (Å²) in [5.41, 5.74) is -0.466. The highest BCUT2D eigenvalue weighted by Crippen LogP contribution is 2.33. The molecular weight excluding hydrogens is 140 g/mol. The van der Waals surface area contributed by atoms with Crippen LogP contribution in [-0.2, 0) is 9.53 Å². The van der Waals surface area contributed by atoms with Gasteiger partial charge < -0.3 is 4.74 Å². The molecule has 0 saturated carbocycles. The topological polar surface area (TPSA) is 26.3 Å². The molecule has 1 heterocycles. The van der Waals surface area contributed by atoms with Crippen molar-refractivity contribution in [3.05, 3.63) is 24.5 Å². The fraction of sp³-hybridized carbons (Fsp3) is 0.444. The van der Waals surface area contributed by atoms with Crippen LogP contribution >= 0.6 is 0 Å². The molecule has 0 amide bonds. The second-order valence-corrected chi connectivity index (χ2v) is 3.05. The van der Waals surface area contributed by atoms with Crippen LogP contribution in [0.5, 0.6) is 0 Å². The van der Waals surface area contributed by atoms with E-state index in [0.29, 0.717) is 12.2 Å². The molecule has 0 N–H and O–H groups in total. The summed E-state index contributed by atoms with van der Waals surface area (Å²) in [6, 6.07) is 0. The average molecular weight is 152 g/mol. The Kier molecular flexibility index (Phi) is 1.85. The first kappa shape index (κ1) is 8.05. The molecule has 0 aromatic rings. The Bertz CT molecular complexity index is 228. The lowest BCUT2D eigenvalue weighted by atomic mass is 9.88. The first-order chi connectivity index (χ1) is 5.08. The van der Waals surface area contributed by atoms with Gasteiger partial charge in [0.15, 0.2) is 0 Å². The summed E-state index contributed by atoms with van der Waals surface area (Å²) < 4.78 is 4.90. The van der Waals surface area contributed by atoms with Gasteiger partial charge >= 0.3 is 5.97 Å². The predicted octanol–water partition coefficient (Wildman–Crippen LogP) is 2.03. The zero-order valence-electron chi connectivity index (χ0n) is 6.89. The molecule has 0 aromatic carbocycles. The Balaban J connectivity index is 2.84. The van der Waals surface area contributed by atoms with Crippen molar-refractivity contribution >= 4 is 5.97 Å². The maximum Gasteiger partial charge on any atom is 0.321 e. The lowest BCUT2D eigenvalue weighted by molar-refractivity contribution is -0.144. The largest absolute Gasteiger partial charge is 0.431 e. The van der Waals surface area contributed by atoms with Gasteiger partial charge in [0.05, 0.1) is 5.41 Å². The minimum atomic E-state index is -0.466. The predicted molar refractivity (Wildman–Crippen MR) is 42.8 cm³/mol. The van der Waals surface area contributed by atoms with Gasteiger partial charge in [-0.15, -0.1) is 6.58 Å². The standard InChI is InChI=1S/C9H12O2/c1-4-5-9(3)6-7(2)11-8(9)10/h4,6H,1,5H2,2-3H3/t9-/m1/s1. The van der Waals surface area contributed by atoms with Gasteiger partial charge in [-0.25, -0.2) is 0 Å². The van der Waals surface area contributed by atoms with E-state index in [0.717, 1.165) is 0 Å². The Morgan fingerprint density at radius 2 is 2.45 bits per heavy atom. The van der Waals surface area contributed by atoms with Crippen LogP contribution in [0.25, 0.3) is 0 Å². The summed E-state index contributed by atoms with van der Waals surface area (Å²) >= 11 is 0. The van der Waals surface area contributed by atoms with Gasteiger partial charge in [0.2, 0.25) is 0 Å². The Labute approximate surface area is 66.5 Å². The normalized spacial score (nSPS) is 29.6. The van der Waals surface area contributed by atoms with E-state index in [1.165, 1.54) is 0 Å².